The van der Waals surface area contributed by atoms with Crippen LogP contribution in [0.3, 0.4) is 0 Å². The number of nitrogens with zero attached hydrogens (tertiary/aromatic N) is 1. The van der Waals surface area contributed by atoms with Gasteiger partial charge >= 0.3 is 0 Å². The molecule has 1 fully saturated rings. The Morgan fingerprint density at radius 1 is 1.41 bits per heavy atom. The van der Waals surface area contributed by atoms with Gasteiger partial charge in [0.05, 0.1) is 12.9 Å². The van der Waals surface area contributed by atoms with E-state index in [0.29, 0.717) is 11.8 Å². The molecule has 4 heteroatoms. The first-order valence-electron chi connectivity index (χ1n) is 5.85. The Morgan fingerprint density at radius 3 is 2.59 bits per heavy atom. The molecule has 0 radical (unpaired) electrons. The van der Waals surface area contributed by atoms with Crippen molar-refractivity contribution in [2.75, 3.05) is 20.2 Å². The van der Waals surface area contributed by atoms with Crippen LogP contribution < -0.4 is 10.5 Å². The van der Waals surface area contributed by atoms with Gasteiger partial charge in [0.2, 0.25) is 0 Å². The normalized spacial score (nSPS) is 16.5. The largest absolute Gasteiger partial charge is 0.497 e. The lowest BCUT2D eigenvalue weighted by molar-refractivity contribution is 0.0969. The van der Waals surface area contributed by atoms with Gasteiger partial charge in [0.1, 0.15) is 5.75 Å². The molecule has 0 spiro atoms. The summed E-state index contributed by atoms with van der Waals surface area (Å²) >= 11 is 0. The molecule has 1 saturated heterocycles. The second kappa shape index (κ2) is 5.19. The van der Waals surface area contributed by atoms with Crippen molar-refractivity contribution in [2.45, 2.75) is 13.0 Å². The zero-order valence-corrected chi connectivity index (χ0v) is 10.1. The average molecular weight is 233 g/mol. The lowest BCUT2D eigenvalue weighted by Crippen LogP contribution is -2.47. The maximum Gasteiger partial charge on any atom is 0.118 e. The Labute approximate surface area is 102 Å². The SMILES string of the molecule is COc1ccc(CN2CC(CC(=N)N)C2)cc1. The zero-order chi connectivity index (χ0) is 12.3. The number of benzene rings is 1. The maximum absolute atomic E-state index is 7.24. The summed E-state index contributed by atoms with van der Waals surface area (Å²) in [6, 6.07) is 8.17. The van der Waals surface area contributed by atoms with Gasteiger partial charge in [0.15, 0.2) is 0 Å². The van der Waals surface area contributed by atoms with Gasteiger partial charge in [-0.1, -0.05) is 12.1 Å². The third-order valence-corrected chi connectivity index (χ3v) is 3.11. The molecule has 4 nitrogen and oxygen atoms in total. The average Bonchev–Trinajstić information content (AvgIpc) is 2.26. The highest BCUT2D eigenvalue weighted by Crippen LogP contribution is 2.22. The van der Waals surface area contributed by atoms with Crippen LogP contribution in [0.25, 0.3) is 0 Å². The fourth-order valence-electron chi connectivity index (χ4n) is 2.24. The van der Waals surface area contributed by atoms with E-state index in [4.69, 9.17) is 15.9 Å². The predicted octanol–water partition coefficient (Wildman–Crippen LogP) is 1.45. The molecule has 92 valence electrons. The number of rotatable bonds is 5. The van der Waals surface area contributed by atoms with Crippen molar-refractivity contribution in [1.82, 2.24) is 4.90 Å². The van der Waals surface area contributed by atoms with Gasteiger partial charge in [-0.3, -0.25) is 10.3 Å². The first-order valence-corrected chi connectivity index (χ1v) is 5.85. The van der Waals surface area contributed by atoms with Crippen molar-refractivity contribution in [3.8, 4) is 5.75 Å². The lowest BCUT2D eigenvalue weighted by Gasteiger charge is -2.39. The van der Waals surface area contributed by atoms with Gasteiger partial charge in [-0.15, -0.1) is 0 Å². The highest BCUT2D eigenvalue weighted by Gasteiger charge is 2.26. The minimum atomic E-state index is 0.305. The van der Waals surface area contributed by atoms with Crippen LogP contribution in [0.5, 0.6) is 5.75 Å². The van der Waals surface area contributed by atoms with Crippen LogP contribution in [0.4, 0.5) is 0 Å². The van der Waals surface area contributed by atoms with E-state index in [9.17, 15) is 0 Å². The van der Waals surface area contributed by atoms with Crippen molar-refractivity contribution < 1.29 is 4.74 Å². The summed E-state index contributed by atoms with van der Waals surface area (Å²) in [5.74, 6) is 1.77. The maximum atomic E-state index is 7.24. The Kier molecular flexibility index (Phi) is 3.64. The van der Waals surface area contributed by atoms with E-state index in [2.05, 4.69) is 17.0 Å². The molecule has 0 saturated carbocycles. The van der Waals surface area contributed by atoms with E-state index < -0.39 is 0 Å². The van der Waals surface area contributed by atoms with Gasteiger partial charge in [0, 0.05) is 26.1 Å². The van der Waals surface area contributed by atoms with Crippen molar-refractivity contribution >= 4 is 5.84 Å². The summed E-state index contributed by atoms with van der Waals surface area (Å²) in [7, 11) is 1.68. The molecule has 1 aromatic carbocycles. The molecular weight excluding hydrogens is 214 g/mol. The molecule has 3 N–H and O–H groups in total. The second-order valence-corrected chi connectivity index (χ2v) is 4.64. The molecule has 0 atom stereocenters. The minimum Gasteiger partial charge on any atom is -0.497 e. The molecule has 1 aliphatic heterocycles. The van der Waals surface area contributed by atoms with Crippen molar-refractivity contribution in [1.29, 1.82) is 5.41 Å². The number of hydrogen-bond acceptors (Lipinski definition) is 3. The van der Waals surface area contributed by atoms with Gasteiger partial charge in [-0.05, 0) is 23.6 Å². The van der Waals surface area contributed by atoms with Crippen LogP contribution in [0.15, 0.2) is 24.3 Å². The van der Waals surface area contributed by atoms with Gasteiger partial charge in [-0.2, -0.15) is 0 Å². The zero-order valence-electron chi connectivity index (χ0n) is 10.1. The quantitative estimate of drug-likeness (QED) is 0.597. The number of nitrogens with one attached hydrogen (secondary N) is 1. The van der Waals surface area contributed by atoms with E-state index in [1.54, 1.807) is 7.11 Å². The molecule has 1 heterocycles. The summed E-state index contributed by atoms with van der Waals surface area (Å²) in [4.78, 5) is 2.37. The molecule has 0 unspecified atom stereocenters. The predicted molar refractivity (Wildman–Crippen MR) is 68.3 cm³/mol. The fraction of sp³-hybridized carbons (Fsp3) is 0.462. The van der Waals surface area contributed by atoms with Crippen LogP contribution in [-0.2, 0) is 6.54 Å². The Hall–Kier alpha value is -1.55. The van der Waals surface area contributed by atoms with Crippen LogP contribution in [-0.4, -0.2) is 30.9 Å². The molecule has 0 aliphatic carbocycles. The summed E-state index contributed by atoms with van der Waals surface area (Å²) in [5, 5.41) is 7.24. The molecular formula is C13H19N3O. The van der Waals surface area contributed by atoms with Crippen molar-refractivity contribution in [3.05, 3.63) is 29.8 Å². The Morgan fingerprint density at radius 2 is 2.06 bits per heavy atom. The molecule has 0 aromatic heterocycles. The van der Waals surface area contributed by atoms with Gasteiger partial charge in [0.25, 0.3) is 0 Å². The first kappa shape index (κ1) is 11.9. The molecule has 1 aromatic rings. The van der Waals surface area contributed by atoms with Crippen LogP contribution >= 0.6 is 0 Å². The number of hydrogen-bond donors (Lipinski definition) is 2. The number of ether oxygens (including phenoxy) is 1. The lowest BCUT2D eigenvalue weighted by atomic mass is 9.95. The number of nitrogens with two attached hydrogens (primary N) is 1. The molecule has 17 heavy (non-hydrogen) atoms. The van der Waals surface area contributed by atoms with E-state index >= 15 is 0 Å². The minimum absolute atomic E-state index is 0.305. The molecule has 1 aliphatic rings. The van der Waals surface area contributed by atoms with Crippen molar-refractivity contribution in [3.63, 3.8) is 0 Å². The monoisotopic (exact) mass is 233 g/mol. The van der Waals surface area contributed by atoms with Crippen LogP contribution in [0.1, 0.15) is 12.0 Å². The number of likely N-dealkylation sites (tertiary alicyclic amines) is 1. The van der Waals surface area contributed by atoms with E-state index in [1.165, 1.54) is 5.56 Å². The molecule has 2 rings (SSSR count). The summed E-state index contributed by atoms with van der Waals surface area (Å²) in [6.07, 6.45) is 0.735. The second-order valence-electron chi connectivity index (χ2n) is 4.64. The first-order chi connectivity index (χ1) is 8.17. The summed E-state index contributed by atoms with van der Waals surface area (Å²) < 4.78 is 5.12. The van der Waals surface area contributed by atoms with Crippen molar-refractivity contribution in [2.24, 2.45) is 11.7 Å². The highest BCUT2D eigenvalue weighted by molar-refractivity contribution is 5.77. The molecule has 0 bridgehead atoms. The standard InChI is InChI=1S/C13H19N3O/c1-17-12-4-2-10(3-5-12)7-16-8-11(9-16)6-13(14)15/h2-5,11H,6-9H2,1H3,(H3,14,15). The van der Waals surface area contributed by atoms with E-state index in [1.807, 2.05) is 12.1 Å². The third kappa shape index (κ3) is 3.20. The number of methoxy groups -OCH3 is 1. The third-order valence-electron chi connectivity index (χ3n) is 3.11. The summed E-state index contributed by atoms with van der Waals surface area (Å²) in [6.45, 7) is 3.07. The Balaban J connectivity index is 1.77. The van der Waals surface area contributed by atoms with Gasteiger partial charge in [-0.25, -0.2) is 0 Å². The van der Waals surface area contributed by atoms with E-state index in [-0.39, 0.29) is 0 Å². The Bertz CT molecular complexity index is 382. The highest BCUT2D eigenvalue weighted by atomic mass is 16.5. The summed E-state index contributed by atoms with van der Waals surface area (Å²) in [5.41, 5.74) is 6.68. The van der Waals surface area contributed by atoms with E-state index in [0.717, 1.165) is 31.8 Å². The van der Waals surface area contributed by atoms with Gasteiger partial charge < -0.3 is 10.5 Å². The van der Waals surface area contributed by atoms with Crippen LogP contribution in [0, 0.1) is 11.3 Å². The van der Waals surface area contributed by atoms with Crippen LogP contribution in [0.2, 0.25) is 0 Å². The fourth-order valence-corrected chi connectivity index (χ4v) is 2.24. The number of amidine groups is 1. The smallest absolute Gasteiger partial charge is 0.118 e. The topological polar surface area (TPSA) is 62.3 Å². The molecule has 0 amide bonds.